The normalized spacial score (nSPS) is 13.7. The lowest BCUT2D eigenvalue weighted by atomic mass is 10.1. The predicted molar refractivity (Wildman–Crippen MR) is 327 cm³/mol. The number of aliphatic hydroxyl groups is 1. The molecule has 0 fully saturated rings. The summed E-state index contributed by atoms with van der Waals surface area (Å²) >= 11 is 0. The third-order valence-corrected chi connectivity index (χ3v) is 37.9. The molecule has 0 amide bonds. The number of Topliss-reactive ketones (excluding diaryl/α,β-unsaturated/α-hetero) is 5. The molecule has 68 heavy (non-hydrogen) atoms. The van der Waals surface area contributed by atoms with Crippen LogP contribution in [-0.2, 0) is 47.4 Å². The Bertz CT molecular complexity index is 1350. The molecule has 0 bridgehead atoms. The van der Waals surface area contributed by atoms with E-state index in [1.165, 1.54) is 20.8 Å². The van der Waals surface area contributed by atoms with Crippen LogP contribution in [0.15, 0.2) is 5.11 Å². The number of nitrogens with two attached hydrogens (primary N) is 1. The second-order valence-electron chi connectivity index (χ2n) is 13.4. The van der Waals surface area contributed by atoms with Crippen LogP contribution in [0.1, 0.15) is 86.5 Å². The fraction of sp³-hybridized carbons (Fsp3) is 0.733. The van der Waals surface area contributed by atoms with E-state index in [2.05, 4.69) is 157 Å². The van der Waals surface area contributed by atoms with Crippen molar-refractivity contribution in [3.8, 4) is 0 Å². The maximum Gasteiger partial charge on any atom is 0.327 e. The Morgan fingerprint density at radius 3 is 1.10 bits per heavy atom. The number of carbonyl (C=O) groups is 8. The van der Waals surface area contributed by atoms with Gasteiger partial charge < -0.3 is 25.0 Å². The molecule has 20 atom stereocenters. The van der Waals surface area contributed by atoms with Crippen LogP contribution in [0.5, 0.6) is 0 Å². The molecule has 38 heteroatoms. The van der Waals surface area contributed by atoms with Gasteiger partial charge in [0.05, 0.1) is 13.0 Å². The summed E-state index contributed by atoms with van der Waals surface area (Å²) in [5.74, 6) is -1.41. The zero-order chi connectivity index (χ0) is 54.5. The number of nitrogens with one attached hydrogen (secondary N) is 6. The first-order valence-corrected chi connectivity index (χ1v) is 39.3. The Morgan fingerprint density at radius 2 is 0.897 bits per heavy atom. The van der Waals surface area contributed by atoms with Crippen molar-refractivity contribution >= 4 is 186 Å². The average Bonchev–Trinajstić information content (AvgIpc) is 3.26. The fourth-order valence-corrected chi connectivity index (χ4v) is 9.44. The van der Waals surface area contributed by atoms with Crippen LogP contribution in [0.2, 0.25) is 0 Å². The molecule has 0 aromatic carbocycles. The number of azide groups is 1. The van der Waals surface area contributed by atoms with Gasteiger partial charge in [-0.1, -0.05) is 122 Å². The molecule has 0 saturated heterocycles. The number of aliphatic carboxylic acids is 1. The summed E-state index contributed by atoms with van der Waals surface area (Å²) in [6.07, 6.45) is 2.80. The second kappa shape index (κ2) is 55.9. The van der Waals surface area contributed by atoms with E-state index in [1.807, 2.05) is 0 Å². The van der Waals surface area contributed by atoms with E-state index in [0.717, 1.165) is 6.42 Å². The van der Waals surface area contributed by atoms with Gasteiger partial charge in [0.25, 0.3) is 0 Å². The molecule has 10 N–H and O–H groups in total. The van der Waals surface area contributed by atoms with Gasteiger partial charge in [-0.25, -0.2) is 0 Å². The Morgan fingerprint density at radius 1 is 0.574 bits per heavy atom. The van der Waals surface area contributed by atoms with Gasteiger partial charge in [0.1, 0.15) is 56.1 Å². The first-order chi connectivity index (χ1) is 31.6. The van der Waals surface area contributed by atoms with Crippen molar-refractivity contribution < 1.29 is 57.6 Å². The van der Waals surface area contributed by atoms with Gasteiger partial charge in [-0.3, -0.25) is 68.9 Å². The maximum absolute atomic E-state index is 11.6. The summed E-state index contributed by atoms with van der Waals surface area (Å²) in [7, 11) is 27.2. The highest BCUT2D eigenvalue weighted by molar-refractivity contribution is 8.81. The van der Waals surface area contributed by atoms with E-state index in [9.17, 15) is 38.4 Å². The van der Waals surface area contributed by atoms with Crippen LogP contribution in [0.25, 0.3) is 10.4 Å². The fourth-order valence-electron chi connectivity index (χ4n) is 3.70. The largest absolute Gasteiger partial charge is 0.481 e. The highest BCUT2D eigenvalue weighted by Crippen LogP contribution is 2.84. The minimum absolute atomic E-state index is 0.00306. The van der Waals surface area contributed by atoms with Crippen LogP contribution in [-0.4, -0.2) is 113 Å². The van der Waals surface area contributed by atoms with Gasteiger partial charge in [-0.2, -0.15) is 0 Å². The Balaban J connectivity index is -0.000000172. The standard InChI is InChI=1S/C6H14NOP.C5H11N4OP.C5H13N2OP.C5H15NO3P6.C5H12NO2P.C4H13NO4P6/c1-3-6(7-9)4-5(2)8;1-4(10)2-5(8-11)3-7-9-6;1-4(8)2-5(3-6)7-9;1-3(7)2-4(6-10)5(8)9-14(11)15(12)13;1-4(8)2-5(3-7)6-9;6-3(7)1-2(5-10)4(8)9-14(11)15(12)13/h6-7H,3-4,9H2,1-2H3;5,8H,2-3,11H2,1H3;5,7H,2-3,6,9H2,1H3;4,6H,2,10-13H2,1H3;5-7H,2-3,9H2,1H3;2,5H,1,10-13H2,(H,6,7)/t6-;2*5-;4-,14?;5-;2-,14?/m100000/s1. The van der Waals surface area contributed by atoms with E-state index < -0.39 is 53.0 Å². The zero-order valence-corrected chi connectivity index (χ0v) is 56.6. The lowest BCUT2D eigenvalue weighted by molar-refractivity contribution is -0.143. The van der Waals surface area contributed by atoms with Crippen molar-refractivity contribution in [3.63, 3.8) is 0 Å². The van der Waals surface area contributed by atoms with E-state index in [4.69, 9.17) is 30.5 Å². The molecule has 0 rings (SSSR count). The van der Waals surface area contributed by atoms with Crippen molar-refractivity contribution in [3.05, 3.63) is 10.4 Å². The van der Waals surface area contributed by atoms with E-state index in [-0.39, 0.29) is 72.5 Å². The van der Waals surface area contributed by atoms with Crippen molar-refractivity contribution in [1.29, 1.82) is 0 Å². The monoisotopic (exact) mass is 1270 g/mol. The van der Waals surface area contributed by atoms with Crippen LogP contribution in [0, 0.1) is 0 Å². The Labute approximate surface area is 435 Å². The maximum atomic E-state index is 11.6. The van der Waals surface area contributed by atoms with Crippen molar-refractivity contribution in [2.24, 2.45) is 10.8 Å². The molecular weight excluding hydrogens is 1190 g/mol. The molecule has 0 heterocycles. The van der Waals surface area contributed by atoms with E-state index >= 15 is 0 Å². The van der Waals surface area contributed by atoms with Gasteiger partial charge >= 0.3 is 17.9 Å². The van der Waals surface area contributed by atoms with Gasteiger partial charge in [0.2, 0.25) is 0 Å². The summed E-state index contributed by atoms with van der Waals surface area (Å²) in [5, 5.41) is 37.0. The molecule has 0 aliphatic heterocycles. The third-order valence-electron chi connectivity index (χ3n) is 7.11. The van der Waals surface area contributed by atoms with Crippen molar-refractivity contribution in [1.82, 2.24) is 30.5 Å². The van der Waals surface area contributed by atoms with E-state index in [0.29, 0.717) is 44.8 Å². The molecule has 0 aromatic rings. The number of carboxylic acid groups (broad SMARTS) is 1. The number of hydrogen-bond donors (Lipinski definition) is 9. The summed E-state index contributed by atoms with van der Waals surface area (Å²) < 4.78 is 10.3. The first kappa shape index (κ1) is 82.0. The SMILES string of the molecule is CC(=O)C[C@@H](CN)NP.CC(=O)C[C@@H](CN=[N+]=[N-])NP.CC(=O)C[C@@H](CO)NP.CC(=O)C[C@H](NP)C(=O)OP(P)P(P)P.CC[C@H](CC(C)=O)NP.O=C(O)C[C@H](NP)C(=O)OP(P)P(P)P. The molecule has 14 unspecified atom stereocenters. The molecule has 0 aliphatic carbocycles. The number of carbonyl (C=O) groups excluding carboxylic acids is 7. The lowest BCUT2D eigenvalue weighted by Crippen LogP contribution is -2.33. The molecule has 0 radical (unpaired) electrons. The Kier molecular flexibility index (Phi) is 67.3. The molecule has 0 saturated carbocycles. The zero-order valence-electron chi connectivity index (χ0n) is 39.1. The lowest BCUT2D eigenvalue weighted by Gasteiger charge is -2.19. The average molecular weight is 1270 g/mol. The third kappa shape index (κ3) is 59.5. The van der Waals surface area contributed by atoms with Crippen molar-refractivity contribution in [2.75, 3.05) is 19.7 Å². The van der Waals surface area contributed by atoms with Crippen LogP contribution >= 0.6 is 139 Å². The smallest absolute Gasteiger partial charge is 0.327 e. The van der Waals surface area contributed by atoms with Gasteiger partial charge in [0.15, 0.2) is 0 Å². The number of rotatable bonds is 29. The molecule has 400 valence electrons. The topological polar surface area (TPSA) is 342 Å². The minimum atomic E-state index is -1.04. The van der Waals surface area contributed by atoms with Crippen LogP contribution in [0.3, 0.4) is 0 Å². The summed E-state index contributed by atoms with van der Waals surface area (Å²) in [5.41, 5.74) is 13.3. The van der Waals surface area contributed by atoms with E-state index in [1.54, 1.807) is 13.8 Å². The molecule has 22 nitrogen and oxygen atoms in total. The predicted octanol–water partition coefficient (Wildman–Crippen LogP) is 5.86. The molecule has 0 aliphatic rings. The summed E-state index contributed by atoms with van der Waals surface area (Å²) in [6.45, 7) is 9.55. The molecule has 0 aromatic heterocycles. The summed E-state index contributed by atoms with van der Waals surface area (Å²) in [4.78, 5) is 88.9. The quantitative estimate of drug-likeness (QED) is 0.0183. The Hall–Kier alpha value is 2.63. The minimum Gasteiger partial charge on any atom is -0.481 e. The van der Waals surface area contributed by atoms with Crippen LogP contribution < -0.4 is 36.3 Å². The second-order valence-corrected chi connectivity index (χ2v) is 44.6. The van der Waals surface area contributed by atoms with Crippen LogP contribution in [0.4, 0.5) is 0 Å². The number of ketones is 5. The van der Waals surface area contributed by atoms with Gasteiger partial charge in [-0.05, 0) is 46.6 Å². The highest BCUT2D eigenvalue weighted by atomic mass is 32.8. The first-order valence-electron chi connectivity index (χ1n) is 19.5. The number of carboxylic acids is 1. The number of hydrogen-bond acceptors (Lipinski definition) is 19. The summed E-state index contributed by atoms with van der Waals surface area (Å²) in [6, 6.07) is -1.09. The van der Waals surface area contributed by atoms with Crippen molar-refractivity contribution in [2.45, 2.75) is 123 Å². The van der Waals surface area contributed by atoms with Gasteiger partial charge in [-0.15, -0.1) is 0 Å². The van der Waals surface area contributed by atoms with Gasteiger partial charge in [0, 0.05) is 88.2 Å². The number of nitrogens with zero attached hydrogens (tertiary/aromatic N) is 3. The molecular formula is C30H78N10O12P16. The number of aliphatic hydroxyl groups excluding tert-OH is 1. The molecule has 0 spiro atoms. The highest BCUT2D eigenvalue weighted by Gasteiger charge is 2.25.